The van der Waals surface area contributed by atoms with Gasteiger partial charge in [0, 0.05) is 44.7 Å². The van der Waals surface area contributed by atoms with Crippen LogP contribution in [0.1, 0.15) is 37.8 Å². The molecule has 1 aliphatic heterocycles. The van der Waals surface area contributed by atoms with E-state index in [9.17, 15) is 0 Å². The van der Waals surface area contributed by atoms with E-state index in [0.29, 0.717) is 6.04 Å². The first-order valence-electron chi connectivity index (χ1n) is 10.4. The fourth-order valence-electron chi connectivity index (χ4n) is 3.76. The lowest BCUT2D eigenvalue weighted by Crippen LogP contribution is -2.50. The minimum Gasteiger partial charge on any atom is -0.356 e. The van der Waals surface area contributed by atoms with Gasteiger partial charge in [-0.2, -0.15) is 0 Å². The third-order valence-corrected chi connectivity index (χ3v) is 5.65. The number of halogens is 1. The highest BCUT2D eigenvalue weighted by molar-refractivity contribution is 14.0. The largest absolute Gasteiger partial charge is 0.356 e. The molecule has 0 saturated carbocycles. The second-order valence-electron chi connectivity index (χ2n) is 8.36. The van der Waals surface area contributed by atoms with Gasteiger partial charge in [0.2, 0.25) is 0 Å². The Labute approximate surface area is 193 Å². The minimum absolute atomic E-state index is 0. The number of guanidine groups is 1. The topological polar surface area (TPSA) is 39.7 Å². The molecular weight excluding hydrogens is 471 g/mol. The highest BCUT2D eigenvalue weighted by Gasteiger charge is 2.23. The molecule has 1 heterocycles. The van der Waals surface area contributed by atoms with Crippen LogP contribution < -0.4 is 10.6 Å². The average molecular weight is 506 g/mol. The Balaban J connectivity index is 0.00000300. The molecule has 2 aromatic rings. The van der Waals surface area contributed by atoms with Crippen LogP contribution in [0.15, 0.2) is 65.7 Å². The molecule has 1 fully saturated rings. The maximum atomic E-state index is 4.45. The van der Waals surface area contributed by atoms with Crippen LogP contribution in [-0.2, 0) is 12.0 Å². The van der Waals surface area contributed by atoms with E-state index in [4.69, 9.17) is 0 Å². The number of rotatable bonds is 6. The molecule has 1 saturated heterocycles. The first kappa shape index (κ1) is 23.7. The molecule has 158 valence electrons. The van der Waals surface area contributed by atoms with E-state index in [1.54, 1.807) is 0 Å². The molecule has 0 bridgehead atoms. The lowest BCUT2D eigenvalue weighted by molar-refractivity contribution is 0.198. The first-order chi connectivity index (χ1) is 13.6. The average Bonchev–Trinajstić information content (AvgIpc) is 2.74. The van der Waals surface area contributed by atoms with Crippen LogP contribution in [0, 0.1) is 0 Å². The van der Waals surface area contributed by atoms with Crippen molar-refractivity contribution in [2.45, 2.75) is 44.7 Å². The van der Waals surface area contributed by atoms with Gasteiger partial charge in [0.15, 0.2) is 5.96 Å². The monoisotopic (exact) mass is 506 g/mol. The molecule has 2 N–H and O–H groups in total. The molecule has 2 aromatic carbocycles. The van der Waals surface area contributed by atoms with Crippen LogP contribution >= 0.6 is 24.0 Å². The molecule has 0 radical (unpaired) electrons. The second kappa shape index (κ2) is 11.6. The zero-order valence-electron chi connectivity index (χ0n) is 17.9. The number of hydrogen-bond acceptors (Lipinski definition) is 2. The molecule has 3 rings (SSSR count). The van der Waals surface area contributed by atoms with Crippen molar-refractivity contribution in [3.8, 4) is 0 Å². The van der Waals surface area contributed by atoms with Crippen molar-refractivity contribution in [3.05, 3.63) is 71.8 Å². The summed E-state index contributed by atoms with van der Waals surface area (Å²) in [7, 11) is 1.86. The maximum Gasteiger partial charge on any atom is 0.191 e. The molecule has 0 unspecified atom stereocenters. The van der Waals surface area contributed by atoms with Gasteiger partial charge < -0.3 is 10.6 Å². The van der Waals surface area contributed by atoms with Gasteiger partial charge in [0.1, 0.15) is 0 Å². The Morgan fingerprint density at radius 1 is 1.00 bits per heavy atom. The summed E-state index contributed by atoms with van der Waals surface area (Å²) < 4.78 is 0. The van der Waals surface area contributed by atoms with Crippen LogP contribution in [0.5, 0.6) is 0 Å². The third kappa shape index (κ3) is 7.30. The number of nitrogens with one attached hydrogen (secondary N) is 2. The van der Waals surface area contributed by atoms with Crippen molar-refractivity contribution in [1.29, 1.82) is 0 Å². The van der Waals surface area contributed by atoms with E-state index in [0.717, 1.165) is 45.0 Å². The van der Waals surface area contributed by atoms with Crippen molar-refractivity contribution < 1.29 is 0 Å². The van der Waals surface area contributed by atoms with Gasteiger partial charge in [-0.15, -0.1) is 24.0 Å². The quantitative estimate of drug-likeness (QED) is 0.347. The molecule has 0 aromatic heterocycles. The lowest BCUT2D eigenvalue weighted by atomic mass is 9.85. The molecule has 4 nitrogen and oxygen atoms in total. The summed E-state index contributed by atoms with van der Waals surface area (Å²) in [5, 5.41) is 7.16. The van der Waals surface area contributed by atoms with Crippen LogP contribution in [0.4, 0.5) is 0 Å². The van der Waals surface area contributed by atoms with Crippen LogP contribution in [0.3, 0.4) is 0 Å². The zero-order valence-corrected chi connectivity index (χ0v) is 20.2. The molecule has 0 spiro atoms. The van der Waals surface area contributed by atoms with Gasteiger partial charge in [0.25, 0.3) is 0 Å². The smallest absolute Gasteiger partial charge is 0.191 e. The van der Waals surface area contributed by atoms with Gasteiger partial charge >= 0.3 is 0 Å². The van der Waals surface area contributed by atoms with Gasteiger partial charge in [-0.3, -0.25) is 9.89 Å². The number of benzene rings is 2. The molecular formula is C24H35IN4. The zero-order chi connectivity index (χ0) is 19.8. The highest BCUT2D eigenvalue weighted by atomic mass is 127. The summed E-state index contributed by atoms with van der Waals surface area (Å²) in [5.41, 5.74) is 2.79. The fraction of sp³-hybridized carbons (Fsp3) is 0.458. The summed E-state index contributed by atoms with van der Waals surface area (Å²) in [6.07, 6.45) is 2.30. The first-order valence-corrected chi connectivity index (χ1v) is 10.4. The van der Waals surface area contributed by atoms with Crippen LogP contribution in [-0.4, -0.2) is 43.6 Å². The number of nitrogens with zero attached hydrogens (tertiary/aromatic N) is 2. The van der Waals surface area contributed by atoms with Crippen molar-refractivity contribution in [1.82, 2.24) is 15.5 Å². The number of likely N-dealkylation sites (tertiary alicyclic amines) is 1. The normalized spacial score (nSPS) is 16.2. The standard InChI is InChI=1S/C24H34N4.HI/c1-24(2,21-12-8-5-9-13-21)19-26-23(25-3)27-22-14-16-28(17-15-22)18-20-10-6-4-7-11-20;/h4-13,22H,14-19H2,1-3H3,(H2,25,26,27);1H. The second-order valence-corrected chi connectivity index (χ2v) is 8.36. The van der Waals surface area contributed by atoms with Gasteiger partial charge in [-0.1, -0.05) is 74.5 Å². The summed E-state index contributed by atoms with van der Waals surface area (Å²) in [6, 6.07) is 21.9. The lowest BCUT2D eigenvalue weighted by Gasteiger charge is -2.34. The summed E-state index contributed by atoms with van der Waals surface area (Å²) in [4.78, 5) is 6.99. The SMILES string of the molecule is CN=C(NCC(C)(C)c1ccccc1)NC1CCN(Cc2ccccc2)CC1.I. The van der Waals surface area contributed by atoms with Crippen molar-refractivity contribution in [2.24, 2.45) is 4.99 Å². The molecule has 0 aliphatic carbocycles. The van der Waals surface area contributed by atoms with E-state index < -0.39 is 0 Å². The minimum atomic E-state index is 0. The molecule has 0 amide bonds. The summed E-state index contributed by atoms with van der Waals surface area (Å²) >= 11 is 0. The van der Waals surface area contributed by atoms with E-state index in [1.807, 2.05) is 7.05 Å². The van der Waals surface area contributed by atoms with E-state index >= 15 is 0 Å². The Morgan fingerprint density at radius 2 is 1.59 bits per heavy atom. The van der Waals surface area contributed by atoms with Crippen LogP contribution in [0.25, 0.3) is 0 Å². The van der Waals surface area contributed by atoms with E-state index in [2.05, 4.69) is 95.0 Å². The Hall–Kier alpha value is -1.60. The molecule has 1 aliphatic rings. The fourth-order valence-corrected chi connectivity index (χ4v) is 3.76. The number of aliphatic imine (C=N–C) groups is 1. The molecule has 29 heavy (non-hydrogen) atoms. The maximum absolute atomic E-state index is 4.45. The number of piperidine rings is 1. The highest BCUT2D eigenvalue weighted by Crippen LogP contribution is 2.21. The van der Waals surface area contributed by atoms with Crippen molar-refractivity contribution in [2.75, 3.05) is 26.7 Å². The van der Waals surface area contributed by atoms with Crippen molar-refractivity contribution in [3.63, 3.8) is 0 Å². The van der Waals surface area contributed by atoms with E-state index in [-0.39, 0.29) is 29.4 Å². The Bertz CT molecular complexity index is 738. The predicted octanol–water partition coefficient (Wildman–Crippen LogP) is 4.41. The van der Waals surface area contributed by atoms with Gasteiger partial charge in [-0.25, -0.2) is 0 Å². The summed E-state index contributed by atoms with van der Waals surface area (Å²) in [5.74, 6) is 0.908. The summed E-state index contributed by atoms with van der Waals surface area (Å²) in [6.45, 7) is 8.68. The van der Waals surface area contributed by atoms with E-state index in [1.165, 1.54) is 11.1 Å². The Morgan fingerprint density at radius 3 is 2.17 bits per heavy atom. The predicted molar refractivity (Wildman–Crippen MR) is 134 cm³/mol. The third-order valence-electron chi connectivity index (χ3n) is 5.65. The van der Waals surface area contributed by atoms with Crippen LogP contribution in [0.2, 0.25) is 0 Å². The molecule has 0 atom stereocenters. The number of hydrogen-bond donors (Lipinski definition) is 2. The Kier molecular flexibility index (Phi) is 9.43. The van der Waals surface area contributed by atoms with Gasteiger partial charge in [0.05, 0.1) is 0 Å². The van der Waals surface area contributed by atoms with Gasteiger partial charge in [-0.05, 0) is 24.0 Å². The van der Waals surface area contributed by atoms with Crippen molar-refractivity contribution >= 4 is 29.9 Å². The molecule has 5 heteroatoms.